The number of halogens is 2. The molecule has 0 fully saturated rings. The summed E-state index contributed by atoms with van der Waals surface area (Å²) in [6, 6.07) is 12.8. The van der Waals surface area contributed by atoms with E-state index in [1.807, 2.05) is 50.2 Å². The molecule has 0 aliphatic carbocycles. The molecule has 0 radical (unpaired) electrons. The number of anilines is 2. The van der Waals surface area contributed by atoms with Crippen LogP contribution >= 0.6 is 27.5 Å². The first-order valence-corrected chi connectivity index (χ1v) is 7.72. The molecule has 0 aliphatic rings. The summed E-state index contributed by atoms with van der Waals surface area (Å²) in [6.45, 7) is 3.70. The van der Waals surface area contributed by atoms with Crippen molar-refractivity contribution in [1.29, 1.82) is 0 Å². The van der Waals surface area contributed by atoms with Crippen LogP contribution in [-0.4, -0.2) is 11.9 Å². The molecule has 0 spiro atoms. The Kier molecular flexibility index (Phi) is 5.26. The van der Waals surface area contributed by atoms with Crippen molar-refractivity contribution >= 4 is 44.8 Å². The van der Waals surface area contributed by atoms with Crippen molar-refractivity contribution in [3.05, 3.63) is 57.5 Å². The number of benzene rings is 2. The Hall–Kier alpha value is -1.52. The number of hydrogen-bond donors (Lipinski definition) is 2. The summed E-state index contributed by atoms with van der Waals surface area (Å²) in [6.07, 6.45) is 0. The van der Waals surface area contributed by atoms with E-state index < -0.39 is 0 Å². The van der Waals surface area contributed by atoms with Gasteiger partial charge < -0.3 is 10.6 Å². The summed E-state index contributed by atoms with van der Waals surface area (Å²) in [4.78, 5) is 12.2. The molecule has 0 bridgehead atoms. The molecule has 110 valence electrons. The molecule has 2 aromatic carbocycles. The van der Waals surface area contributed by atoms with Gasteiger partial charge in [0, 0.05) is 20.9 Å². The molecular formula is C16H16BrClN2O. The van der Waals surface area contributed by atoms with Crippen molar-refractivity contribution < 1.29 is 4.79 Å². The number of carbonyl (C=O) groups excluding carboxylic acids is 1. The van der Waals surface area contributed by atoms with Crippen molar-refractivity contribution in [2.75, 3.05) is 10.6 Å². The maximum Gasteiger partial charge on any atom is 0.246 e. The van der Waals surface area contributed by atoms with E-state index in [2.05, 4.69) is 26.6 Å². The van der Waals surface area contributed by atoms with Gasteiger partial charge in [-0.25, -0.2) is 0 Å². The minimum atomic E-state index is -0.357. The van der Waals surface area contributed by atoms with Crippen LogP contribution in [0, 0.1) is 6.92 Å². The Labute approximate surface area is 137 Å². The van der Waals surface area contributed by atoms with Gasteiger partial charge in [0.15, 0.2) is 0 Å². The number of carbonyl (C=O) groups is 1. The molecule has 0 aromatic heterocycles. The van der Waals surface area contributed by atoms with E-state index in [1.165, 1.54) is 0 Å². The van der Waals surface area contributed by atoms with Crippen LogP contribution in [0.4, 0.5) is 11.4 Å². The fourth-order valence-electron chi connectivity index (χ4n) is 1.85. The van der Waals surface area contributed by atoms with Crippen molar-refractivity contribution in [3.63, 3.8) is 0 Å². The highest BCUT2D eigenvalue weighted by Gasteiger charge is 2.14. The van der Waals surface area contributed by atoms with Crippen LogP contribution in [-0.2, 0) is 4.79 Å². The summed E-state index contributed by atoms with van der Waals surface area (Å²) < 4.78 is 1.000. The van der Waals surface area contributed by atoms with Gasteiger partial charge in [0.05, 0.1) is 0 Å². The number of amides is 1. The summed E-state index contributed by atoms with van der Waals surface area (Å²) in [5, 5.41) is 6.68. The van der Waals surface area contributed by atoms with Crippen LogP contribution in [0.1, 0.15) is 12.5 Å². The minimum Gasteiger partial charge on any atom is -0.374 e. The highest BCUT2D eigenvalue weighted by atomic mass is 79.9. The van der Waals surface area contributed by atoms with Gasteiger partial charge in [-0.2, -0.15) is 0 Å². The summed E-state index contributed by atoms with van der Waals surface area (Å²) >= 11 is 9.43. The van der Waals surface area contributed by atoms with E-state index in [-0.39, 0.29) is 11.9 Å². The van der Waals surface area contributed by atoms with Crippen molar-refractivity contribution in [2.24, 2.45) is 0 Å². The first-order chi connectivity index (χ1) is 9.97. The SMILES string of the molecule is Cc1c(Cl)cccc1NC(=O)[C@@H](C)Nc1ccc(Br)cc1. The molecule has 2 rings (SSSR count). The van der Waals surface area contributed by atoms with Gasteiger partial charge in [0.25, 0.3) is 0 Å². The average Bonchev–Trinajstić information content (AvgIpc) is 2.46. The van der Waals surface area contributed by atoms with Crippen molar-refractivity contribution in [3.8, 4) is 0 Å². The normalized spacial score (nSPS) is 11.8. The fourth-order valence-corrected chi connectivity index (χ4v) is 2.28. The van der Waals surface area contributed by atoms with Crippen molar-refractivity contribution in [2.45, 2.75) is 19.9 Å². The van der Waals surface area contributed by atoms with E-state index in [1.54, 1.807) is 6.07 Å². The van der Waals surface area contributed by atoms with Crippen LogP contribution in [0.25, 0.3) is 0 Å². The number of rotatable bonds is 4. The van der Waals surface area contributed by atoms with E-state index in [0.717, 1.165) is 21.4 Å². The third-order valence-corrected chi connectivity index (χ3v) is 4.08. The van der Waals surface area contributed by atoms with Gasteiger partial charge in [-0.05, 0) is 55.8 Å². The summed E-state index contributed by atoms with van der Waals surface area (Å²) in [5.41, 5.74) is 2.49. The lowest BCUT2D eigenvalue weighted by Gasteiger charge is -2.16. The maximum atomic E-state index is 12.2. The van der Waals surface area contributed by atoms with Crippen molar-refractivity contribution in [1.82, 2.24) is 0 Å². The highest BCUT2D eigenvalue weighted by Crippen LogP contribution is 2.23. The van der Waals surface area contributed by atoms with Gasteiger partial charge in [-0.15, -0.1) is 0 Å². The maximum absolute atomic E-state index is 12.2. The zero-order valence-electron chi connectivity index (χ0n) is 11.8. The van der Waals surface area contributed by atoms with Gasteiger partial charge in [-0.3, -0.25) is 4.79 Å². The molecule has 0 unspecified atom stereocenters. The fraction of sp³-hybridized carbons (Fsp3) is 0.188. The largest absolute Gasteiger partial charge is 0.374 e. The zero-order valence-corrected chi connectivity index (χ0v) is 14.1. The zero-order chi connectivity index (χ0) is 15.4. The lowest BCUT2D eigenvalue weighted by Crippen LogP contribution is -2.32. The Bertz CT molecular complexity index is 643. The predicted molar refractivity (Wildman–Crippen MR) is 92.0 cm³/mol. The quantitative estimate of drug-likeness (QED) is 0.811. The molecule has 0 saturated heterocycles. The second kappa shape index (κ2) is 6.96. The highest BCUT2D eigenvalue weighted by molar-refractivity contribution is 9.10. The standard InChI is InChI=1S/C16H16BrClN2O/c1-10-14(18)4-3-5-15(10)20-16(21)11(2)19-13-8-6-12(17)7-9-13/h3-9,11,19H,1-2H3,(H,20,21)/t11-/m1/s1. The lowest BCUT2D eigenvalue weighted by molar-refractivity contribution is -0.116. The van der Waals surface area contributed by atoms with E-state index >= 15 is 0 Å². The monoisotopic (exact) mass is 366 g/mol. The van der Waals surface area contributed by atoms with Gasteiger partial charge in [0.1, 0.15) is 6.04 Å². The molecule has 0 saturated carbocycles. The molecule has 0 heterocycles. The Morgan fingerprint density at radius 2 is 1.86 bits per heavy atom. The average molecular weight is 368 g/mol. The third kappa shape index (κ3) is 4.22. The first kappa shape index (κ1) is 15.9. The molecule has 2 aromatic rings. The van der Waals surface area contributed by atoms with Crippen LogP contribution in [0.2, 0.25) is 5.02 Å². The van der Waals surface area contributed by atoms with Gasteiger partial charge in [-0.1, -0.05) is 33.6 Å². The Balaban J connectivity index is 2.02. The Morgan fingerprint density at radius 3 is 2.52 bits per heavy atom. The summed E-state index contributed by atoms with van der Waals surface area (Å²) in [5.74, 6) is -0.108. The number of nitrogens with one attached hydrogen (secondary N) is 2. The molecular weight excluding hydrogens is 352 g/mol. The van der Waals surface area contributed by atoms with Gasteiger partial charge >= 0.3 is 0 Å². The molecule has 2 N–H and O–H groups in total. The van der Waals surface area contributed by atoms with Crippen LogP contribution in [0.5, 0.6) is 0 Å². The smallest absolute Gasteiger partial charge is 0.246 e. The second-order valence-electron chi connectivity index (χ2n) is 4.77. The molecule has 0 aliphatic heterocycles. The van der Waals surface area contributed by atoms with E-state index in [9.17, 15) is 4.79 Å². The van der Waals surface area contributed by atoms with Crippen LogP contribution in [0.3, 0.4) is 0 Å². The van der Waals surface area contributed by atoms with Crippen LogP contribution in [0.15, 0.2) is 46.9 Å². The van der Waals surface area contributed by atoms with E-state index in [0.29, 0.717) is 5.02 Å². The van der Waals surface area contributed by atoms with Gasteiger partial charge in [0.2, 0.25) is 5.91 Å². The van der Waals surface area contributed by atoms with E-state index in [4.69, 9.17) is 11.6 Å². The molecule has 1 atom stereocenters. The molecule has 21 heavy (non-hydrogen) atoms. The molecule has 1 amide bonds. The second-order valence-corrected chi connectivity index (χ2v) is 6.10. The third-order valence-electron chi connectivity index (χ3n) is 3.15. The lowest BCUT2D eigenvalue weighted by atomic mass is 10.2. The topological polar surface area (TPSA) is 41.1 Å². The first-order valence-electron chi connectivity index (χ1n) is 6.55. The predicted octanol–water partition coefficient (Wildman–Crippen LogP) is 4.85. The minimum absolute atomic E-state index is 0.108. The number of hydrogen-bond acceptors (Lipinski definition) is 2. The Morgan fingerprint density at radius 1 is 1.19 bits per heavy atom. The molecule has 5 heteroatoms. The van der Waals surface area contributed by atoms with Crippen LogP contribution < -0.4 is 10.6 Å². The molecule has 3 nitrogen and oxygen atoms in total. The summed E-state index contributed by atoms with van der Waals surface area (Å²) in [7, 11) is 0.